The van der Waals surface area contributed by atoms with Crippen molar-refractivity contribution in [3.05, 3.63) is 54.6 Å². The summed E-state index contributed by atoms with van der Waals surface area (Å²) in [7, 11) is -4.64. The maximum Gasteiger partial charge on any atom is 0.341 e. The van der Waals surface area contributed by atoms with Crippen molar-refractivity contribution in [3.8, 4) is 5.75 Å². The Morgan fingerprint density at radius 3 is 2.22 bits per heavy atom. The smallest absolute Gasteiger partial charge is 0.341 e. The number of carbonyl (C=O) groups is 1. The third-order valence-corrected chi connectivity index (χ3v) is 4.21. The first-order valence-corrected chi connectivity index (χ1v) is 8.04. The van der Waals surface area contributed by atoms with Crippen LogP contribution in [0.5, 0.6) is 5.75 Å². The van der Waals surface area contributed by atoms with Crippen molar-refractivity contribution in [2.45, 2.75) is 10.7 Å². The zero-order chi connectivity index (χ0) is 16.9. The van der Waals surface area contributed by atoms with Crippen LogP contribution in [-0.4, -0.2) is 26.7 Å². The van der Waals surface area contributed by atoms with Gasteiger partial charge in [-0.25, -0.2) is 8.42 Å². The Labute approximate surface area is 131 Å². The lowest BCUT2D eigenvalue weighted by Crippen LogP contribution is -2.20. The van der Waals surface area contributed by atoms with E-state index >= 15 is 0 Å². The Kier molecular flexibility index (Phi) is 5.28. The lowest BCUT2D eigenvalue weighted by molar-refractivity contribution is -0.118. The second-order valence-electron chi connectivity index (χ2n) is 4.48. The fraction of sp³-hybridized carbons (Fsp3) is 0.133. The van der Waals surface area contributed by atoms with Crippen LogP contribution in [0.15, 0.2) is 59.5 Å². The zero-order valence-corrected chi connectivity index (χ0v) is 12.6. The standard InChI is InChI=1S/C15H13F2NO4S/c16-15(17)23(20,21)13-8-6-11(7-9-13)18-14(19)10-22-12-4-2-1-3-5-12/h1-9,15H,10H2,(H,18,19). The second-order valence-corrected chi connectivity index (χ2v) is 6.40. The van der Waals surface area contributed by atoms with Crippen molar-refractivity contribution in [1.29, 1.82) is 0 Å². The quantitative estimate of drug-likeness (QED) is 0.877. The van der Waals surface area contributed by atoms with E-state index in [0.29, 0.717) is 5.75 Å². The highest BCUT2D eigenvalue weighted by Gasteiger charge is 2.26. The van der Waals surface area contributed by atoms with Gasteiger partial charge in [-0.05, 0) is 36.4 Å². The molecule has 0 saturated heterocycles. The third kappa shape index (κ3) is 4.49. The minimum atomic E-state index is -4.64. The molecule has 0 spiro atoms. The van der Waals surface area contributed by atoms with Crippen LogP contribution in [0.1, 0.15) is 0 Å². The van der Waals surface area contributed by atoms with Gasteiger partial charge in [0.25, 0.3) is 5.91 Å². The lowest BCUT2D eigenvalue weighted by atomic mass is 10.3. The first kappa shape index (κ1) is 16.9. The Hall–Kier alpha value is -2.48. The highest BCUT2D eigenvalue weighted by atomic mass is 32.2. The number of halogens is 2. The van der Waals surface area contributed by atoms with E-state index in [-0.39, 0.29) is 12.3 Å². The number of para-hydroxylation sites is 1. The van der Waals surface area contributed by atoms with Crippen LogP contribution >= 0.6 is 0 Å². The van der Waals surface area contributed by atoms with Crippen molar-refractivity contribution < 1.29 is 26.7 Å². The Morgan fingerprint density at radius 2 is 1.65 bits per heavy atom. The van der Waals surface area contributed by atoms with Gasteiger partial charge >= 0.3 is 5.76 Å². The molecular weight excluding hydrogens is 328 g/mol. The average molecular weight is 341 g/mol. The van der Waals surface area contributed by atoms with E-state index in [2.05, 4.69) is 5.32 Å². The van der Waals surface area contributed by atoms with Crippen LogP contribution in [0.25, 0.3) is 0 Å². The summed E-state index contributed by atoms with van der Waals surface area (Å²) in [6, 6.07) is 13.2. The average Bonchev–Trinajstić information content (AvgIpc) is 2.54. The van der Waals surface area contributed by atoms with Gasteiger partial charge < -0.3 is 10.1 Å². The number of benzene rings is 2. The molecule has 2 aromatic rings. The molecule has 0 fully saturated rings. The Morgan fingerprint density at radius 1 is 1.04 bits per heavy atom. The molecule has 0 heterocycles. The van der Waals surface area contributed by atoms with Crippen molar-refractivity contribution >= 4 is 21.4 Å². The number of carbonyl (C=O) groups excluding carboxylic acids is 1. The predicted molar refractivity (Wildman–Crippen MR) is 80.2 cm³/mol. The van der Waals surface area contributed by atoms with Gasteiger partial charge in [0.2, 0.25) is 9.84 Å². The molecule has 0 aliphatic carbocycles. The molecule has 0 aromatic heterocycles. The number of rotatable bonds is 6. The number of nitrogens with one attached hydrogen (secondary N) is 1. The van der Waals surface area contributed by atoms with E-state index in [1.165, 1.54) is 12.1 Å². The zero-order valence-electron chi connectivity index (χ0n) is 11.8. The van der Waals surface area contributed by atoms with Gasteiger partial charge in [0.05, 0.1) is 4.90 Å². The number of alkyl halides is 2. The molecule has 5 nitrogen and oxygen atoms in total. The summed E-state index contributed by atoms with van der Waals surface area (Å²) in [4.78, 5) is 11.2. The highest BCUT2D eigenvalue weighted by molar-refractivity contribution is 7.91. The van der Waals surface area contributed by atoms with Crippen molar-refractivity contribution in [2.24, 2.45) is 0 Å². The molecular formula is C15H13F2NO4S. The molecule has 2 rings (SSSR count). The number of amides is 1. The minimum absolute atomic E-state index is 0.235. The summed E-state index contributed by atoms with van der Waals surface area (Å²) >= 11 is 0. The molecule has 8 heteroatoms. The van der Waals surface area contributed by atoms with Crippen LogP contribution in [0.4, 0.5) is 14.5 Å². The lowest BCUT2D eigenvalue weighted by Gasteiger charge is -2.08. The van der Waals surface area contributed by atoms with Gasteiger partial charge in [0, 0.05) is 5.69 Å². The van der Waals surface area contributed by atoms with Crippen LogP contribution in [-0.2, 0) is 14.6 Å². The van der Waals surface area contributed by atoms with Crippen molar-refractivity contribution in [3.63, 3.8) is 0 Å². The molecule has 2 aromatic carbocycles. The summed E-state index contributed by atoms with van der Waals surface area (Å²) in [5.41, 5.74) is 0.278. The molecule has 0 aliphatic heterocycles. The largest absolute Gasteiger partial charge is 0.484 e. The summed E-state index contributed by atoms with van der Waals surface area (Å²) < 4.78 is 52.6. The summed E-state index contributed by atoms with van der Waals surface area (Å²) in [6.45, 7) is -0.235. The van der Waals surface area contributed by atoms with Crippen LogP contribution in [0, 0.1) is 0 Å². The van der Waals surface area contributed by atoms with Gasteiger partial charge in [-0.15, -0.1) is 0 Å². The monoisotopic (exact) mass is 341 g/mol. The van der Waals surface area contributed by atoms with Gasteiger partial charge in [-0.1, -0.05) is 18.2 Å². The number of ether oxygens (including phenoxy) is 1. The molecule has 1 amide bonds. The van der Waals surface area contributed by atoms with Gasteiger partial charge in [0.15, 0.2) is 6.61 Å². The van der Waals surface area contributed by atoms with E-state index in [1.807, 2.05) is 6.07 Å². The topological polar surface area (TPSA) is 72.5 Å². The van der Waals surface area contributed by atoms with E-state index in [4.69, 9.17) is 4.74 Å². The van der Waals surface area contributed by atoms with E-state index < -0.39 is 26.4 Å². The predicted octanol–water partition coefficient (Wildman–Crippen LogP) is 2.70. The van der Waals surface area contributed by atoms with E-state index in [9.17, 15) is 22.0 Å². The second kappa shape index (κ2) is 7.19. The third-order valence-electron chi connectivity index (χ3n) is 2.81. The summed E-state index contributed by atoms with van der Waals surface area (Å²) in [5.74, 6) is -3.42. The summed E-state index contributed by atoms with van der Waals surface area (Å²) in [6.07, 6.45) is 0. The van der Waals surface area contributed by atoms with Crippen LogP contribution in [0.3, 0.4) is 0 Å². The Bertz CT molecular complexity index is 762. The number of sulfone groups is 1. The molecule has 122 valence electrons. The van der Waals surface area contributed by atoms with Gasteiger partial charge in [-0.3, -0.25) is 4.79 Å². The molecule has 0 unspecified atom stereocenters. The van der Waals surface area contributed by atoms with Gasteiger partial charge in [0.1, 0.15) is 5.75 Å². The van der Waals surface area contributed by atoms with E-state index in [0.717, 1.165) is 12.1 Å². The first-order chi connectivity index (χ1) is 10.9. The first-order valence-electron chi connectivity index (χ1n) is 6.49. The molecule has 1 N–H and O–H groups in total. The normalized spacial score (nSPS) is 11.3. The fourth-order valence-corrected chi connectivity index (χ4v) is 2.41. The van der Waals surface area contributed by atoms with Crippen molar-refractivity contribution in [1.82, 2.24) is 0 Å². The molecule has 0 bridgehead atoms. The van der Waals surface area contributed by atoms with Gasteiger partial charge in [-0.2, -0.15) is 8.78 Å². The molecule has 23 heavy (non-hydrogen) atoms. The number of anilines is 1. The number of hydrogen-bond donors (Lipinski definition) is 1. The SMILES string of the molecule is O=C(COc1ccccc1)Nc1ccc(S(=O)(=O)C(F)F)cc1. The fourth-order valence-electron chi connectivity index (χ4n) is 1.69. The minimum Gasteiger partial charge on any atom is -0.484 e. The highest BCUT2D eigenvalue weighted by Crippen LogP contribution is 2.20. The maximum absolute atomic E-state index is 12.4. The summed E-state index contributed by atoms with van der Waals surface area (Å²) in [5, 5.41) is 2.47. The van der Waals surface area contributed by atoms with Crippen molar-refractivity contribution in [2.75, 3.05) is 11.9 Å². The van der Waals surface area contributed by atoms with Crippen LogP contribution in [0.2, 0.25) is 0 Å². The molecule has 0 saturated carbocycles. The van der Waals surface area contributed by atoms with Crippen LogP contribution < -0.4 is 10.1 Å². The molecule has 0 radical (unpaired) electrons. The number of hydrogen-bond acceptors (Lipinski definition) is 4. The molecule has 0 atom stereocenters. The Balaban J connectivity index is 1.94. The maximum atomic E-state index is 12.4. The molecule has 0 aliphatic rings. The van der Waals surface area contributed by atoms with E-state index in [1.54, 1.807) is 24.3 Å².